The number of halogens is 2. The predicted octanol–water partition coefficient (Wildman–Crippen LogP) is 3.60. The maximum Gasteiger partial charge on any atom is 0.322 e. The number of anilines is 2. The minimum absolute atomic E-state index is 0.0818. The third-order valence-electron chi connectivity index (χ3n) is 4.04. The summed E-state index contributed by atoms with van der Waals surface area (Å²) in [4.78, 5) is 26.2. The van der Waals surface area contributed by atoms with E-state index in [1.807, 2.05) is 0 Å². The number of nitrogens with zero attached hydrogens (tertiary/aromatic N) is 1. The van der Waals surface area contributed by atoms with Crippen molar-refractivity contribution in [3.05, 3.63) is 60.2 Å². The Morgan fingerprint density at radius 2 is 1.72 bits per heavy atom. The standard InChI is InChI=1S/C18H17F2N3O2/c19-12-7-9-13(10-8-12)21-18(25)23-11-3-6-16(23)17(24)22-15-5-2-1-4-14(15)20/h1-2,4-5,7-10,16H,3,6,11H2,(H,21,25)(H,22,24). The van der Waals surface area contributed by atoms with Crippen LogP contribution in [0.15, 0.2) is 48.5 Å². The zero-order valence-corrected chi connectivity index (χ0v) is 13.3. The van der Waals surface area contributed by atoms with Gasteiger partial charge in [-0.25, -0.2) is 13.6 Å². The van der Waals surface area contributed by atoms with Gasteiger partial charge < -0.3 is 15.5 Å². The van der Waals surface area contributed by atoms with E-state index in [9.17, 15) is 18.4 Å². The number of rotatable bonds is 3. The Labute approximate surface area is 143 Å². The fourth-order valence-electron chi connectivity index (χ4n) is 2.79. The topological polar surface area (TPSA) is 61.4 Å². The van der Waals surface area contributed by atoms with E-state index in [2.05, 4.69) is 10.6 Å². The number of carbonyl (C=O) groups excluding carboxylic acids is 2. The molecule has 1 aliphatic heterocycles. The summed E-state index contributed by atoms with van der Waals surface area (Å²) >= 11 is 0. The number of amides is 3. The number of urea groups is 1. The van der Waals surface area contributed by atoms with Crippen LogP contribution in [0.2, 0.25) is 0 Å². The molecule has 1 atom stereocenters. The molecule has 2 aromatic rings. The van der Waals surface area contributed by atoms with E-state index in [1.54, 1.807) is 6.07 Å². The van der Waals surface area contributed by atoms with E-state index >= 15 is 0 Å². The van der Waals surface area contributed by atoms with Gasteiger partial charge in [0.05, 0.1) is 5.69 Å². The number of carbonyl (C=O) groups is 2. The quantitative estimate of drug-likeness (QED) is 0.893. The molecule has 2 aromatic carbocycles. The van der Waals surface area contributed by atoms with Gasteiger partial charge in [0.1, 0.15) is 17.7 Å². The normalized spacial score (nSPS) is 16.6. The second-order valence-electron chi connectivity index (χ2n) is 5.76. The lowest BCUT2D eigenvalue weighted by Crippen LogP contribution is -2.45. The first kappa shape index (κ1) is 16.9. The van der Waals surface area contributed by atoms with Gasteiger partial charge in [-0.2, -0.15) is 0 Å². The molecule has 1 saturated heterocycles. The number of hydrogen-bond donors (Lipinski definition) is 2. The molecule has 1 aliphatic rings. The minimum Gasteiger partial charge on any atom is -0.322 e. The second kappa shape index (κ2) is 7.29. The zero-order valence-electron chi connectivity index (χ0n) is 13.3. The first-order valence-electron chi connectivity index (χ1n) is 7.93. The molecule has 0 spiro atoms. The summed E-state index contributed by atoms with van der Waals surface area (Å²) in [6.07, 6.45) is 1.17. The average Bonchev–Trinajstić information content (AvgIpc) is 3.09. The Morgan fingerprint density at radius 1 is 1.00 bits per heavy atom. The number of nitrogens with one attached hydrogen (secondary N) is 2. The van der Waals surface area contributed by atoms with E-state index in [0.29, 0.717) is 25.1 Å². The maximum atomic E-state index is 13.7. The molecule has 25 heavy (non-hydrogen) atoms. The van der Waals surface area contributed by atoms with Crippen molar-refractivity contribution in [1.29, 1.82) is 0 Å². The summed E-state index contributed by atoms with van der Waals surface area (Å²) in [5.41, 5.74) is 0.518. The van der Waals surface area contributed by atoms with Gasteiger partial charge in [0.25, 0.3) is 0 Å². The summed E-state index contributed by atoms with van der Waals surface area (Å²) in [5.74, 6) is -1.37. The van der Waals surface area contributed by atoms with Crippen LogP contribution in [0.1, 0.15) is 12.8 Å². The molecule has 0 aliphatic carbocycles. The summed E-state index contributed by atoms with van der Waals surface area (Å²) in [6, 6.07) is 10.1. The lowest BCUT2D eigenvalue weighted by Gasteiger charge is -2.24. The van der Waals surface area contributed by atoms with Crippen molar-refractivity contribution < 1.29 is 18.4 Å². The highest BCUT2D eigenvalue weighted by molar-refractivity contribution is 5.99. The Kier molecular flexibility index (Phi) is 4.92. The lowest BCUT2D eigenvalue weighted by molar-refractivity contribution is -0.119. The van der Waals surface area contributed by atoms with Crippen LogP contribution in [0.25, 0.3) is 0 Å². The van der Waals surface area contributed by atoms with E-state index < -0.39 is 29.6 Å². The molecule has 3 rings (SSSR count). The van der Waals surface area contributed by atoms with Crippen LogP contribution in [-0.4, -0.2) is 29.4 Å². The first-order valence-corrected chi connectivity index (χ1v) is 7.93. The van der Waals surface area contributed by atoms with Gasteiger partial charge in [0, 0.05) is 12.2 Å². The molecule has 0 aromatic heterocycles. The lowest BCUT2D eigenvalue weighted by atomic mass is 10.2. The third-order valence-corrected chi connectivity index (χ3v) is 4.04. The van der Waals surface area contributed by atoms with Gasteiger partial charge in [-0.1, -0.05) is 12.1 Å². The Bertz CT molecular complexity index is 780. The summed E-state index contributed by atoms with van der Waals surface area (Å²) in [6.45, 7) is 0.419. The van der Waals surface area contributed by atoms with Gasteiger partial charge in [-0.3, -0.25) is 4.79 Å². The molecular weight excluding hydrogens is 328 g/mol. The second-order valence-corrected chi connectivity index (χ2v) is 5.76. The van der Waals surface area contributed by atoms with Gasteiger partial charge >= 0.3 is 6.03 Å². The SMILES string of the molecule is O=C(Nc1ccccc1F)C1CCCN1C(=O)Nc1ccc(F)cc1. The number of likely N-dealkylation sites (tertiary alicyclic amines) is 1. The average molecular weight is 345 g/mol. The van der Waals surface area contributed by atoms with Crippen LogP contribution >= 0.6 is 0 Å². The molecule has 5 nitrogen and oxygen atoms in total. The molecule has 3 amide bonds. The maximum absolute atomic E-state index is 13.7. The van der Waals surface area contributed by atoms with Crippen LogP contribution in [-0.2, 0) is 4.79 Å². The molecule has 2 N–H and O–H groups in total. The smallest absolute Gasteiger partial charge is 0.322 e. The van der Waals surface area contributed by atoms with E-state index in [0.717, 1.165) is 0 Å². The first-order chi connectivity index (χ1) is 12.0. The molecule has 0 radical (unpaired) electrons. The van der Waals surface area contributed by atoms with Gasteiger partial charge in [0.15, 0.2) is 0 Å². The Hall–Kier alpha value is -2.96. The summed E-state index contributed by atoms with van der Waals surface area (Å²) in [5, 5.41) is 5.16. The van der Waals surface area contributed by atoms with Crippen molar-refractivity contribution in [3.8, 4) is 0 Å². The third kappa shape index (κ3) is 3.93. The van der Waals surface area contributed by atoms with Crippen molar-refractivity contribution >= 4 is 23.3 Å². The van der Waals surface area contributed by atoms with Crippen molar-refractivity contribution in [3.63, 3.8) is 0 Å². The van der Waals surface area contributed by atoms with E-state index in [-0.39, 0.29) is 5.69 Å². The van der Waals surface area contributed by atoms with Crippen LogP contribution in [0.5, 0.6) is 0 Å². The number of hydrogen-bond acceptors (Lipinski definition) is 2. The minimum atomic E-state index is -0.681. The van der Waals surface area contributed by atoms with Crippen LogP contribution in [0.4, 0.5) is 25.0 Å². The molecule has 0 saturated carbocycles. The van der Waals surface area contributed by atoms with Gasteiger partial charge in [-0.15, -0.1) is 0 Å². The van der Waals surface area contributed by atoms with Crippen LogP contribution < -0.4 is 10.6 Å². The summed E-state index contributed by atoms with van der Waals surface area (Å²) in [7, 11) is 0. The van der Waals surface area contributed by atoms with Gasteiger partial charge in [-0.05, 0) is 49.2 Å². The van der Waals surface area contributed by atoms with Crippen molar-refractivity contribution in [2.45, 2.75) is 18.9 Å². The van der Waals surface area contributed by atoms with Crippen molar-refractivity contribution in [2.24, 2.45) is 0 Å². The van der Waals surface area contributed by atoms with Crippen molar-refractivity contribution in [2.75, 3.05) is 17.2 Å². The molecule has 7 heteroatoms. The fourth-order valence-corrected chi connectivity index (χ4v) is 2.79. The molecule has 1 heterocycles. The zero-order chi connectivity index (χ0) is 17.8. The number of para-hydroxylation sites is 1. The highest BCUT2D eigenvalue weighted by atomic mass is 19.1. The van der Waals surface area contributed by atoms with E-state index in [1.165, 1.54) is 47.4 Å². The Morgan fingerprint density at radius 3 is 2.44 bits per heavy atom. The van der Waals surface area contributed by atoms with Crippen LogP contribution in [0.3, 0.4) is 0 Å². The monoisotopic (exact) mass is 345 g/mol. The fraction of sp³-hybridized carbons (Fsp3) is 0.222. The molecule has 1 unspecified atom stereocenters. The molecular formula is C18H17F2N3O2. The largest absolute Gasteiger partial charge is 0.322 e. The molecule has 0 bridgehead atoms. The summed E-state index contributed by atoms with van der Waals surface area (Å²) < 4.78 is 26.6. The van der Waals surface area contributed by atoms with Crippen molar-refractivity contribution in [1.82, 2.24) is 4.90 Å². The highest BCUT2D eigenvalue weighted by Gasteiger charge is 2.34. The highest BCUT2D eigenvalue weighted by Crippen LogP contribution is 2.22. The number of benzene rings is 2. The Balaban J connectivity index is 1.67. The predicted molar refractivity (Wildman–Crippen MR) is 90.2 cm³/mol. The molecule has 130 valence electrons. The van der Waals surface area contributed by atoms with Gasteiger partial charge in [0.2, 0.25) is 5.91 Å². The molecule has 1 fully saturated rings. The van der Waals surface area contributed by atoms with E-state index in [4.69, 9.17) is 0 Å². The van der Waals surface area contributed by atoms with Crippen LogP contribution in [0, 0.1) is 11.6 Å².